The van der Waals surface area contributed by atoms with E-state index in [2.05, 4.69) is 0 Å². The predicted molar refractivity (Wildman–Crippen MR) is 98.1 cm³/mol. The monoisotopic (exact) mass is 377 g/mol. The highest BCUT2D eigenvalue weighted by Gasteiger charge is 2.42. The van der Waals surface area contributed by atoms with Crippen molar-refractivity contribution in [3.63, 3.8) is 0 Å². The van der Waals surface area contributed by atoms with E-state index in [4.69, 9.17) is 18.9 Å². The van der Waals surface area contributed by atoms with E-state index in [1.54, 1.807) is 7.11 Å². The third-order valence-electron chi connectivity index (χ3n) is 5.47. The topological polar surface area (TPSA) is 74.3 Å². The highest BCUT2D eigenvalue weighted by molar-refractivity contribution is 5.77. The third kappa shape index (κ3) is 4.12. The van der Waals surface area contributed by atoms with E-state index < -0.39 is 12.0 Å². The van der Waals surface area contributed by atoms with Crippen molar-refractivity contribution in [2.75, 3.05) is 34.4 Å². The van der Waals surface area contributed by atoms with E-state index in [1.807, 2.05) is 18.2 Å². The summed E-state index contributed by atoms with van der Waals surface area (Å²) in [4.78, 5) is 25.8. The second-order valence-corrected chi connectivity index (χ2v) is 7.05. The first-order chi connectivity index (χ1) is 13.1. The van der Waals surface area contributed by atoms with Crippen LogP contribution in [0.1, 0.15) is 37.2 Å². The van der Waals surface area contributed by atoms with Gasteiger partial charge < -0.3 is 23.8 Å². The first-order valence-corrected chi connectivity index (χ1v) is 9.32. The number of ether oxygens (including phenoxy) is 4. The highest BCUT2D eigenvalue weighted by Crippen LogP contribution is 2.39. The van der Waals surface area contributed by atoms with Gasteiger partial charge in [-0.1, -0.05) is 6.07 Å². The largest absolute Gasteiger partial charge is 0.493 e. The highest BCUT2D eigenvalue weighted by atomic mass is 16.5. The number of carbonyl (C=O) groups excluding carboxylic acids is 2. The number of hydrogen-bond acceptors (Lipinski definition) is 6. The number of amides is 1. The second kappa shape index (κ2) is 8.50. The normalized spacial score (nSPS) is 22.6. The molecule has 0 aromatic heterocycles. The van der Waals surface area contributed by atoms with Crippen LogP contribution in [0.25, 0.3) is 0 Å². The van der Waals surface area contributed by atoms with Crippen molar-refractivity contribution in [1.29, 1.82) is 0 Å². The van der Waals surface area contributed by atoms with Crippen LogP contribution in [0.2, 0.25) is 0 Å². The zero-order valence-corrected chi connectivity index (χ0v) is 16.1. The molecule has 2 aliphatic rings. The van der Waals surface area contributed by atoms with Crippen LogP contribution in [-0.4, -0.2) is 57.5 Å². The van der Waals surface area contributed by atoms with Crippen molar-refractivity contribution in [3.8, 4) is 11.5 Å². The van der Waals surface area contributed by atoms with Gasteiger partial charge in [0.15, 0.2) is 11.5 Å². The Hall–Kier alpha value is -2.44. The van der Waals surface area contributed by atoms with Crippen molar-refractivity contribution in [2.24, 2.45) is 5.92 Å². The molecular formula is C20H27NO6. The molecule has 3 rings (SSSR count). The van der Waals surface area contributed by atoms with Crippen LogP contribution >= 0.6 is 0 Å². The molecule has 1 saturated carbocycles. The standard InChI is InChI=1S/C20H27NO6/c1-24-17-9-8-13(10-18(17)27-14-6-4-5-7-14)15-11-21(20(23)26-3)12-16(15)19(22)25-2/h8-10,14-16H,4-7,11-12H2,1-3H3/t15-,16-/m1/s1. The first-order valence-electron chi connectivity index (χ1n) is 9.32. The summed E-state index contributed by atoms with van der Waals surface area (Å²) >= 11 is 0. The average Bonchev–Trinajstić information content (AvgIpc) is 3.36. The minimum atomic E-state index is -0.443. The maximum Gasteiger partial charge on any atom is 0.409 e. The smallest absolute Gasteiger partial charge is 0.409 e. The Bertz CT molecular complexity index is 685. The average molecular weight is 377 g/mol. The van der Waals surface area contributed by atoms with E-state index in [0.29, 0.717) is 18.0 Å². The molecule has 0 spiro atoms. The molecular weight excluding hydrogens is 350 g/mol. The van der Waals surface area contributed by atoms with Gasteiger partial charge >= 0.3 is 12.1 Å². The van der Waals surface area contributed by atoms with Crippen molar-refractivity contribution in [1.82, 2.24) is 4.90 Å². The summed E-state index contributed by atoms with van der Waals surface area (Å²) in [6.45, 7) is 0.663. The Morgan fingerprint density at radius 1 is 1.00 bits per heavy atom. The predicted octanol–water partition coefficient (Wildman–Crippen LogP) is 2.97. The molecule has 0 bridgehead atoms. The van der Waals surface area contributed by atoms with Crippen LogP contribution in [-0.2, 0) is 14.3 Å². The number of nitrogens with zero attached hydrogens (tertiary/aromatic N) is 1. The van der Waals surface area contributed by atoms with Gasteiger partial charge in [0.25, 0.3) is 0 Å². The Balaban J connectivity index is 1.87. The first kappa shape index (κ1) is 19.3. The summed E-state index contributed by atoms with van der Waals surface area (Å²) in [5.74, 6) is 0.390. The Kier molecular flexibility index (Phi) is 6.08. The van der Waals surface area contributed by atoms with Gasteiger partial charge in [-0.2, -0.15) is 0 Å². The van der Waals surface area contributed by atoms with Crippen molar-refractivity contribution < 1.29 is 28.5 Å². The molecule has 7 nitrogen and oxygen atoms in total. The summed E-state index contributed by atoms with van der Waals surface area (Å²) in [5.41, 5.74) is 0.922. The molecule has 7 heteroatoms. The van der Waals surface area contributed by atoms with Gasteiger partial charge in [-0.3, -0.25) is 4.79 Å². The molecule has 2 atom stereocenters. The van der Waals surface area contributed by atoms with Crippen LogP contribution < -0.4 is 9.47 Å². The van der Waals surface area contributed by atoms with Gasteiger partial charge in [-0.25, -0.2) is 4.79 Å². The summed E-state index contributed by atoms with van der Waals surface area (Å²) in [6, 6.07) is 5.70. The Morgan fingerprint density at radius 2 is 1.74 bits per heavy atom. The molecule has 2 fully saturated rings. The molecule has 1 aromatic rings. The van der Waals surface area contributed by atoms with Gasteiger partial charge in [0.1, 0.15) is 0 Å². The summed E-state index contributed by atoms with van der Waals surface area (Å²) in [5, 5.41) is 0. The summed E-state index contributed by atoms with van der Waals surface area (Å²) in [7, 11) is 4.31. The van der Waals surface area contributed by atoms with Crippen LogP contribution in [0.4, 0.5) is 4.79 Å². The van der Waals surface area contributed by atoms with Crippen LogP contribution in [0.5, 0.6) is 11.5 Å². The van der Waals surface area contributed by atoms with Crippen LogP contribution in [0.3, 0.4) is 0 Å². The number of benzene rings is 1. The maximum atomic E-state index is 12.3. The molecule has 1 aromatic carbocycles. The number of rotatable bonds is 5. The van der Waals surface area contributed by atoms with Gasteiger partial charge in [0.05, 0.1) is 33.4 Å². The lowest BCUT2D eigenvalue weighted by Gasteiger charge is -2.20. The Labute approximate surface area is 159 Å². The number of hydrogen-bond donors (Lipinski definition) is 0. The number of esters is 1. The van der Waals surface area contributed by atoms with Crippen molar-refractivity contribution in [2.45, 2.75) is 37.7 Å². The fraction of sp³-hybridized carbons (Fsp3) is 0.600. The third-order valence-corrected chi connectivity index (χ3v) is 5.47. The lowest BCUT2D eigenvalue weighted by molar-refractivity contribution is -0.145. The van der Waals surface area contributed by atoms with E-state index in [0.717, 1.165) is 18.4 Å². The zero-order chi connectivity index (χ0) is 19.4. The molecule has 1 heterocycles. The SMILES string of the molecule is COC(=O)[C@@H]1CN(C(=O)OC)C[C@@H]1c1ccc(OC)c(OC2CCCC2)c1. The van der Waals surface area contributed by atoms with Crippen LogP contribution in [0.15, 0.2) is 18.2 Å². The molecule has 148 valence electrons. The Morgan fingerprint density at radius 3 is 2.37 bits per heavy atom. The minimum Gasteiger partial charge on any atom is -0.493 e. The summed E-state index contributed by atoms with van der Waals surface area (Å²) < 4.78 is 21.4. The second-order valence-electron chi connectivity index (χ2n) is 7.05. The lowest BCUT2D eigenvalue weighted by atomic mass is 9.89. The van der Waals surface area contributed by atoms with E-state index in [1.165, 1.54) is 32.0 Å². The number of likely N-dealkylation sites (tertiary alicyclic amines) is 1. The minimum absolute atomic E-state index is 0.187. The van der Waals surface area contributed by atoms with Gasteiger partial charge in [-0.05, 0) is 43.4 Å². The molecule has 1 aliphatic carbocycles. The quantitative estimate of drug-likeness (QED) is 0.735. The van der Waals surface area contributed by atoms with E-state index >= 15 is 0 Å². The number of carbonyl (C=O) groups is 2. The van der Waals surface area contributed by atoms with Crippen molar-refractivity contribution in [3.05, 3.63) is 23.8 Å². The fourth-order valence-corrected chi connectivity index (χ4v) is 4.01. The maximum absolute atomic E-state index is 12.3. The van der Waals surface area contributed by atoms with E-state index in [9.17, 15) is 9.59 Å². The fourth-order valence-electron chi connectivity index (χ4n) is 4.01. The molecule has 1 amide bonds. The van der Waals surface area contributed by atoms with E-state index in [-0.39, 0.29) is 24.5 Å². The van der Waals surface area contributed by atoms with Gasteiger partial charge in [-0.15, -0.1) is 0 Å². The van der Waals surface area contributed by atoms with Crippen LogP contribution in [0, 0.1) is 5.92 Å². The summed E-state index contributed by atoms with van der Waals surface area (Å²) in [6.07, 6.45) is 4.18. The molecule has 0 unspecified atom stereocenters. The zero-order valence-electron chi connectivity index (χ0n) is 16.1. The molecule has 0 N–H and O–H groups in total. The van der Waals surface area contributed by atoms with Crippen molar-refractivity contribution >= 4 is 12.1 Å². The molecule has 27 heavy (non-hydrogen) atoms. The molecule has 0 radical (unpaired) electrons. The van der Waals surface area contributed by atoms with Gasteiger partial charge in [0.2, 0.25) is 0 Å². The lowest BCUT2D eigenvalue weighted by Crippen LogP contribution is -2.29. The molecule has 1 aliphatic heterocycles. The molecule has 1 saturated heterocycles. The van der Waals surface area contributed by atoms with Gasteiger partial charge in [0, 0.05) is 19.0 Å². The number of methoxy groups -OCH3 is 3.